The number of carbonyl (C=O) groups is 1. The van der Waals surface area contributed by atoms with Crippen LogP contribution in [0.2, 0.25) is 5.02 Å². The Bertz CT molecular complexity index is 1250. The molecule has 7 nitrogen and oxygen atoms in total. The number of nitro groups is 1. The maximum atomic E-state index is 13.3. The van der Waals surface area contributed by atoms with Gasteiger partial charge in [0, 0.05) is 49.4 Å². The van der Waals surface area contributed by atoms with Gasteiger partial charge in [-0.1, -0.05) is 35.9 Å². The summed E-state index contributed by atoms with van der Waals surface area (Å²) in [7, 11) is 0. The van der Waals surface area contributed by atoms with E-state index in [-0.39, 0.29) is 29.8 Å². The molecule has 0 N–H and O–H groups in total. The van der Waals surface area contributed by atoms with E-state index in [9.17, 15) is 19.3 Å². The zero-order valence-corrected chi connectivity index (χ0v) is 20.0. The molecule has 9 heteroatoms. The smallest absolute Gasteiger partial charge is 0.311 e. The molecular formula is C26H25ClFN3O4. The molecule has 182 valence electrons. The maximum absolute atomic E-state index is 13.3. The highest BCUT2D eigenvalue weighted by Gasteiger charge is 2.23. The molecule has 0 aliphatic carbocycles. The lowest BCUT2D eigenvalue weighted by Crippen LogP contribution is -2.48. The van der Waals surface area contributed by atoms with E-state index in [1.54, 1.807) is 48.2 Å². The third kappa shape index (κ3) is 6.15. The Hall–Kier alpha value is -3.49. The monoisotopic (exact) mass is 497 g/mol. The second-order valence-corrected chi connectivity index (χ2v) is 8.93. The number of benzene rings is 3. The summed E-state index contributed by atoms with van der Waals surface area (Å²) in [5.74, 6) is -0.249. The normalized spacial score (nSPS) is 14.1. The lowest BCUT2D eigenvalue weighted by atomic mass is 10.1. The van der Waals surface area contributed by atoms with E-state index in [2.05, 4.69) is 4.90 Å². The van der Waals surface area contributed by atoms with Crippen LogP contribution >= 0.6 is 11.6 Å². The highest BCUT2D eigenvalue weighted by Crippen LogP contribution is 2.28. The fourth-order valence-corrected chi connectivity index (χ4v) is 4.26. The van der Waals surface area contributed by atoms with Crippen molar-refractivity contribution in [1.29, 1.82) is 0 Å². The van der Waals surface area contributed by atoms with Crippen LogP contribution in [0.25, 0.3) is 0 Å². The Morgan fingerprint density at radius 1 is 1.09 bits per heavy atom. The molecule has 1 aliphatic rings. The summed E-state index contributed by atoms with van der Waals surface area (Å²) in [6.07, 6.45) is 0. The van der Waals surface area contributed by atoms with Crippen LogP contribution in [0.4, 0.5) is 10.1 Å². The molecule has 1 fully saturated rings. The quantitative estimate of drug-likeness (QED) is 0.330. The molecule has 35 heavy (non-hydrogen) atoms. The summed E-state index contributed by atoms with van der Waals surface area (Å²) in [6, 6.07) is 16.3. The molecule has 1 saturated heterocycles. The van der Waals surface area contributed by atoms with Gasteiger partial charge in [0.05, 0.1) is 4.92 Å². The van der Waals surface area contributed by atoms with Gasteiger partial charge in [-0.25, -0.2) is 4.39 Å². The molecule has 4 rings (SSSR count). The van der Waals surface area contributed by atoms with Crippen LogP contribution in [0.15, 0.2) is 60.7 Å². The molecule has 1 heterocycles. The van der Waals surface area contributed by atoms with Gasteiger partial charge in [-0.3, -0.25) is 19.8 Å². The average molecular weight is 498 g/mol. The fraction of sp³-hybridized carbons (Fsp3) is 0.269. The Labute approximate surface area is 207 Å². The van der Waals surface area contributed by atoms with E-state index >= 15 is 0 Å². The van der Waals surface area contributed by atoms with Crippen molar-refractivity contribution >= 4 is 23.2 Å². The van der Waals surface area contributed by atoms with Crippen molar-refractivity contribution in [2.45, 2.75) is 20.1 Å². The van der Waals surface area contributed by atoms with Gasteiger partial charge in [-0.15, -0.1) is 0 Å². The first-order valence-electron chi connectivity index (χ1n) is 11.2. The number of rotatable bonds is 7. The molecular weight excluding hydrogens is 473 g/mol. The van der Waals surface area contributed by atoms with Crippen molar-refractivity contribution in [3.8, 4) is 5.75 Å². The minimum Gasteiger partial charge on any atom is -0.482 e. The minimum atomic E-state index is -0.466. The summed E-state index contributed by atoms with van der Waals surface area (Å²) in [5, 5.41) is 11.7. The van der Waals surface area contributed by atoms with Crippen molar-refractivity contribution in [3.63, 3.8) is 0 Å². The molecule has 1 amide bonds. The molecule has 3 aromatic carbocycles. The SMILES string of the molecule is Cc1ccc(OCc2cccc(C(=O)N3CCN(Cc4ccc(F)cc4Cl)CC3)c2)c([N+](=O)[O-])c1. The predicted molar refractivity (Wildman–Crippen MR) is 131 cm³/mol. The molecule has 1 aliphatic heterocycles. The van der Waals surface area contributed by atoms with Crippen LogP contribution in [0.1, 0.15) is 27.0 Å². The van der Waals surface area contributed by atoms with Gasteiger partial charge in [-0.2, -0.15) is 0 Å². The van der Waals surface area contributed by atoms with E-state index in [1.807, 2.05) is 6.07 Å². The number of ether oxygens (including phenoxy) is 1. The molecule has 3 aromatic rings. The first-order valence-corrected chi connectivity index (χ1v) is 11.6. The maximum Gasteiger partial charge on any atom is 0.311 e. The lowest BCUT2D eigenvalue weighted by molar-refractivity contribution is -0.386. The predicted octanol–water partition coefficient (Wildman–Crippen LogP) is 5.23. The van der Waals surface area contributed by atoms with E-state index < -0.39 is 4.92 Å². The fourth-order valence-electron chi connectivity index (χ4n) is 4.03. The Balaban J connectivity index is 1.35. The molecule has 0 atom stereocenters. The van der Waals surface area contributed by atoms with E-state index in [4.69, 9.17) is 16.3 Å². The van der Waals surface area contributed by atoms with Gasteiger partial charge in [0.25, 0.3) is 5.91 Å². The molecule has 0 radical (unpaired) electrons. The zero-order valence-electron chi connectivity index (χ0n) is 19.2. The van der Waals surface area contributed by atoms with Gasteiger partial charge >= 0.3 is 5.69 Å². The number of piperazine rings is 1. The first kappa shape index (κ1) is 24.6. The van der Waals surface area contributed by atoms with Crippen LogP contribution in [0.5, 0.6) is 5.75 Å². The van der Waals surface area contributed by atoms with Gasteiger partial charge < -0.3 is 9.64 Å². The zero-order chi connectivity index (χ0) is 24.9. The van der Waals surface area contributed by atoms with Gasteiger partial charge in [-0.05, 0) is 53.9 Å². The van der Waals surface area contributed by atoms with Crippen molar-refractivity contribution in [2.24, 2.45) is 0 Å². The number of hydrogen-bond donors (Lipinski definition) is 0. The second kappa shape index (κ2) is 10.8. The topological polar surface area (TPSA) is 75.9 Å². The molecule has 0 bridgehead atoms. The summed E-state index contributed by atoms with van der Waals surface area (Å²) >= 11 is 6.14. The summed E-state index contributed by atoms with van der Waals surface area (Å²) in [4.78, 5) is 27.9. The number of nitro benzene ring substituents is 1. The van der Waals surface area contributed by atoms with Gasteiger partial charge in [0.15, 0.2) is 5.75 Å². The Morgan fingerprint density at radius 2 is 1.86 bits per heavy atom. The van der Waals surface area contributed by atoms with Crippen LogP contribution in [0.3, 0.4) is 0 Å². The summed E-state index contributed by atoms with van der Waals surface area (Å²) in [5.41, 5.74) is 2.83. The van der Waals surface area contributed by atoms with Crippen molar-refractivity contribution in [3.05, 3.63) is 104 Å². The Morgan fingerprint density at radius 3 is 2.57 bits per heavy atom. The van der Waals surface area contributed by atoms with Gasteiger partial charge in [0.2, 0.25) is 0 Å². The van der Waals surface area contributed by atoms with Gasteiger partial charge in [0.1, 0.15) is 12.4 Å². The number of amides is 1. The number of halogens is 2. The number of aryl methyl sites for hydroxylation is 1. The number of hydrogen-bond acceptors (Lipinski definition) is 5. The number of nitrogens with zero attached hydrogens (tertiary/aromatic N) is 3. The highest BCUT2D eigenvalue weighted by molar-refractivity contribution is 6.31. The highest BCUT2D eigenvalue weighted by atomic mass is 35.5. The van der Waals surface area contributed by atoms with Crippen LogP contribution in [-0.2, 0) is 13.2 Å². The van der Waals surface area contributed by atoms with Crippen LogP contribution in [-0.4, -0.2) is 46.8 Å². The van der Waals surface area contributed by atoms with Crippen molar-refractivity contribution in [2.75, 3.05) is 26.2 Å². The molecule has 0 unspecified atom stereocenters. The molecule has 0 aromatic heterocycles. The second-order valence-electron chi connectivity index (χ2n) is 8.52. The molecule has 0 spiro atoms. The number of carbonyl (C=O) groups excluding carboxylic acids is 1. The largest absolute Gasteiger partial charge is 0.482 e. The summed E-state index contributed by atoms with van der Waals surface area (Å²) < 4.78 is 19.0. The standard InChI is InChI=1S/C26H25ClFN3O4/c1-18-5-8-25(24(13-18)31(33)34)35-17-19-3-2-4-20(14-19)26(32)30-11-9-29(10-12-30)16-21-6-7-22(28)15-23(21)27/h2-8,13-15H,9-12,16-17H2,1H3. The average Bonchev–Trinajstić information content (AvgIpc) is 2.85. The van der Waals surface area contributed by atoms with Crippen molar-refractivity contribution in [1.82, 2.24) is 9.80 Å². The third-order valence-electron chi connectivity index (χ3n) is 5.95. The summed E-state index contributed by atoms with van der Waals surface area (Å²) in [6.45, 7) is 4.97. The van der Waals surface area contributed by atoms with Crippen LogP contribution in [0, 0.1) is 22.9 Å². The van der Waals surface area contributed by atoms with Crippen LogP contribution < -0.4 is 4.74 Å². The molecule has 0 saturated carbocycles. The third-order valence-corrected chi connectivity index (χ3v) is 6.30. The van der Waals surface area contributed by atoms with E-state index in [1.165, 1.54) is 18.2 Å². The van der Waals surface area contributed by atoms with Crippen molar-refractivity contribution < 1.29 is 18.8 Å². The lowest BCUT2D eigenvalue weighted by Gasteiger charge is -2.35. The Kier molecular flexibility index (Phi) is 7.63. The minimum absolute atomic E-state index is 0.0763. The van der Waals surface area contributed by atoms with E-state index in [0.29, 0.717) is 43.3 Å². The first-order chi connectivity index (χ1) is 16.8. The van der Waals surface area contributed by atoms with E-state index in [0.717, 1.165) is 16.7 Å².